The molecule has 0 aliphatic carbocycles. The van der Waals surface area contributed by atoms with Crippen molar-refractivity contribution in [1.82, 2.24) is 4.90 Å². The number of hydrogen-bond acceptors (Lipinski definition) is 4. The molecule has 1 heterocycles. The first kappa shape index (κ1) is 12.0. The minimum atomic E-state index is 0.0145. The van der Waals surface area contributed by atoms with Crippen LogP contribution in [0.3, 0.4) is 0 Å². The summed E-state index contributed by atoms with van der Waals surface area (Å²) in [4.78, 5) is 13.3. The summed E-state index contributed by atoms with van der Waals surface area (Å²) in [5, 5.41) is 11.7. The Morgan fingerprint density at radius 2 is 2.13 bits per heavy atom. The number of likely N-dealkylation sites (tertiary alicyclic amines) is 1. The largest absolute Gasteiger partial charge is 0.411 e. The van der Waals surface area contributed by atoms with E-state index in [4.69, 9.17) is 9.94 Å². The van der Waals surface area contributed by atoms with Crippen LogP contribution in [0, 0.1) is 0 Å². The van der Waals surface area contributed by atoms with Gasteiger partial charge in [-0.3, -0.25) is 4.79 Å². The minimum absolute atomic E-state index is 0.0145. The quantitative estimate of drug-likeness (QED) is 0.560. The van der Waals surface area contributed by atoms with E-state index in [1.165, 1.54) is 0 Å². The van der Waals surface area contributed by atoms with Crippen molar-refractivity contribution >= 4 is 11.6 Å². The van der Waals surface area contributed by atoms with Gasteiger partial charge in [0.05, 0.1) is 11.8 Å². The van der Waals surface area contributed by atoms with Crippen molar-refractivity contribution in [3.63, 3.8) is 0 Å². The van der Waals surface area contributed by atoms with Crippen LogP contribution in [0.1, 0.15) is 26.7 Å². The first-order valence-corrected chi connectivity index (χ1v) is 5.22. The molecule has 0 atom stereocenters. The molecule has 1 aliphatic heterocycles. The lowest BCUT2D eigenvalue weighted by molar-refractivity contribution is -0.137. The third kappa shape index (κ3) is 3.87. The summed E-state index contributed by atoms with van der Waals surface area (Å²) in [5.74, 6) is 0.0145. The van der Waals surface area contributed by atoms with E-state index in [0.29, 0.717) is 25.9 Å². The zero-order valence-electron chi connectivity index (χ0n) is 9.27. The molecule has 0 bridgehead atoms. The van der Waals surface area contributed by atoms with E-state index >= 15 is 0 Å². The van der Waals surface area contributed by atoms with Crippen molar-refractivity contribution in [3.05, 3.63) is 0 Å². The van der Waals surface area contributed by atoms with Gasteiger partial charge in [0.1, 0.15) is 6.61 Å². The number of carbonyl (C=O) groups is 1. The van der Waals surface area contributed by atoms with Crippen LogP contribution < -0.4 is 0 Å². The molecule has 0 spiro atoms. The van der Waals surface area contributed by atoms with Crippen molar-refractivity contribution in [2.24, 2.45) is 5.16 Å². The SMILES string of the molecule is CC(C)OCC(=O)N1CCC(=NO)CC1. The van der Waals surface area contributed by atoms with E-state index in [1.54, 1.807) is 4.90 Å². The average Bonchev–Trinajstić information content (AvgIpc) is 2.26. The summed E-state index contributed by atoms with van der Waals surface area (Å²) < 4.78 is 5.24. The van der Waals surface area contributed by atoms with Crippen LogP contribution in [-0.2, 0) is 9.53 Å². The van der Waals surface area contributed by atoms with Crippen LogP contribution in [0.5, 0.6) is 0 Å². The summed E-state index contributed by atoms with van der Waals surface area (Å²) in [7, 11) is 0. The van der Waals surface area contributed by atoms with Crippen LogP contribution in [-0.4, -0.2) is 47.5 Å². The highest BCUT2D eigenvalue weighted by atomic mass is 16.5. The molecule has 1 saturated heterocycles. The van der Waals surface area contributed by atoms with Gasteiger partial charge in [-0.1, -0.05) is 5.16 Å². The zero-order valence-corrected chi connectivity index (χ0v) is 9.27. The highest BCUT2D eigenvalue weighted by Crippen LogP contribution is 2.07. The Balaban J connectivity index is 2.30. The van der Waals surface area contributed by atoms with Gasteiger partial charge in [-0.05, 0) is 13.8 Å². The second kappa shape index (κ2) is 5.70. The van der Waals surface area contributed by atoms with E-state index in [2.05, 4.69) is 5.16 Å². The number of carbonyl (C=O) groups excluding carboxylic acids is 1. The molecule has 1 N–H and O–H groups in total. The number of amides is 1. The molecule has 0 aromatic carbocycles. The van der Waals surface area contributed by atoms with Gasteiger partial charge in [0, 0.05) is 25.9 Å². The van der Waals surface area contributed by atoms with Gasteiger partial charge in [0.15, 0.2) is 0 Å². The van der Waals surface area contributed by atoms with Crippen molar-refractivity contribution in [1.29, 1.82) is 0 Å². The maximum absolute atomic E-state index is 11.6. The van der Waals surface area contributed by atoms with Crippen LogP contribution in [0.4, 0.5) is 0 Å². The average molecular weight is 214 g/mol. The molecule has 1 rings (SSSR count). The Morgan fingerprint density at radius 3 is 2.60 bits per heavy atom. The second-order valence-electron chi connectivity index (χ2n) is 3.91. The Bertz CT molecular complexity index is 241. The predicted octanol–water partition coefficient (Wildman–Crippen LogP) is 0.864. The molecule has 0 saturated carbocycles. The summed E-state index contributed by atoms with van der Waals surface area (Å²) >= 11 is 0. The summed E-state index contributed by atoms with van der Waals surface area (Å²) in [5.41, 5.74) is 0.767. The van der Waals surface area contributed by atoms with Gasteiger partial charge in [-0.15, -0.1) is 0 Å². The van der Waals surface area contributed by atoms with Crippen LogP contribution in [0.2, 0.25) is 0 Å². The molecule has 1 fully saturated rings. The lowest BCUT2D eigenvalue weighted by atomic mass is 10.1. The van der Waals surface area contributed by atoms with E-state index in [9.17, 15) is 4.79 Å². The number of ether oxygens (including phenoxy) is 1. The zero-order chi connectivity index (χ0) is 11.3. The number of piperidine rings is 1. The molecule has 15 heavy (non-hydrogen) atoms. The summed E-state index contributed by atoms with van der Waals surface area (Å²) in [6, 6.07) is 0. The Morgan fingerprint density at radius 1 is 1.53 bits per heavy atom. The van der Waals surface area contributed by atoms with Crippen LogP contribution in [0.15, 0.2) is 5.16 Å². The monoisotopic (exact) mass is 214 g/mol. The maximum Gasteiger partial charge on any atom is 0.248 e. The topological polar surface area (TPSA) is 62.1 Å². The molecule has 0 aromatic heterocycles. The third-order valence-electron chi connectivity index (χ3n) is 2.37. The number of nitrogens with zero attached hydrogens (tertiary/aromatic N) is 2. The van der Waals surface area contributed by atoms with Gasteiger partial charge >= 0.3 is 0 Å². The fourth-order valence-corrected chi connectivity index (χ4v) is 1.44. The normalized spacial score (nSPS) is 17.0. The molecule has 0 unspecified atom stereocenters. The molecule has 86 valence electrons. The van der Waals surface area contributed by atoms with Crippen molar-refractivity contribution in [2.75, 3.05) is 19.7 Å². The van der Waals surface area contributed by atoms with Gasteiger partial charge in [-0.25, -0.2) is 0 Å². The van der Waals surface area contributed by atoms with E-state index in [1.807, 2.05) is 13.8 Å². The van der Waals surface area contributed by atoms with Crippen molar-refractivity contribution in [2.45, 2.75) is 32.8 Å². The standard InChI is InChI=1S/C10H18N2O3/c1-8(2)15-7-10(13)12-5-3-9(11-14)4-6-12/h8,14H,3-7H2,1-2H3. The smallest absolute Gasteiger partial charge is 0.248 e. The lowest BCUT2D eigenvalue weighted by Crippen LogP contribution is -2.41. The molecule has 5 heteroatoms. The van der Waals surface area contributed by atoms with Crippen LogP contribution >= 0.6 is 0 Å². The molecule has 0 radical (unpaired) electrons. The predicted molar refractivity (Wildman–Crippen MR) is 56.1 cm³/mol. The summed E-state index contributed by atoms with van der Waals surface area (Å²) in [6.45, 7) is 5.20. The van der Waals surface area contributed by atoms with Crippen molar-refractivity contribution in [3.8, 4) is 0 Å². The number of oxime groups is 1. The second-order valence-corrected chi connectivity index (χ2v) is 3.91. The molecular weight excluding hydrogens is 196 g/mol. The van der Waals surface area contributed by atoms with E-state index < -0.39 is 0 Å². The fourth-order valence-electron chi connectivity index (χ4n) is 1.44. The maximum atomic E-state index is 11.6. The van der Waals surface area contributed by atoms with Gasteiger partial charge < -0.3 is 14.8 Å². The first-order valence-electron chi connectivity index (χ1n) is 5.22. The molecule has 0 aromatic rings. The molecule has 5 nitrogen and oxygen atoms in total. The van der Waals surface area contributed by atoms with E-state index in [0.717, 1.165) is 5.71 Å². The van der Waals surface area contributed by atoms with Gasteiger partial charge in [-0.2, -0.15) is 0 Å². The molecule has 1 aliphatic rings. The fraction of sp³-hybridized carbons (Fsp3) is 0.800. The van der Waals surface area contributed by atoms with E-state index in [-0.39, 0.29) is 18.6 Å². The van der Waals surface area contributed by atoms with Crippen LogP contribution in [0.25, 0.3) is 0 Å². The Hall–Kier alpha value is -1.10. The Kier molecular flexibility index (Phi) is 4.55. The molecular formula is C10H18N2O3. The van der Waals surface area contributed by atoms with Gasteiger partial charge in [0.2, 0.25) is 5.91 Å². The highest BCUT2D eigenvalue weighted by molar-refractivity contribution is 5.87. The Labute approximate surface area is 89.7 Å². The number of rotatable bonds is 3. The first-order chi connectivity index (χ1) is 7.13. The summed E-state index contributed by atoms with van der Waals surface area (Å²) in [6.07, 6.45) is 1.39. The van der Waals surface area contributed by atoms with Crippen molar-refractivity contribution < 1.29 is 14.7 Å². The van der Waals surface area contributed by atoms with Gasteiger partial charge in [0.25, 0.3) is 0 Å². The lowest BCUT2D eigenvalue weighted by Gasteiger charge is -2.27. The molecule has 1 amide bonds. The highest BCUT2D eigenvalue weighted by Gasteiger charge is 2.20. The number of hydrogen-bond donors (Lipinski definition) is 1. The minimum Gasteiger partial charge on any atom is -0.411 e. The third-order valence-corrected chi connectivity index (χ3v) is 2.37.